The molecule has 20 heavy (non-hydrogen) atoms. The minimum atomic E-state index is 0.0102. The number of halogens is 1. The molecule has 0 spiro atoms. The van der Waals surface area contributed by atoms with Crippen molar-refractivity contribution in [3.63, 3.8) is 0 Å². The van der Waals surface area contributed by atoms with E-state index in [0.717, 1.165) is 21.4 Å². The molecular weight excluding hydrogens is 318 g/mol. The van der Waals surface area contributed by atoms with Crippen LogP contribution >= 0.6 is 15.9 Å². The van der Waals surface area contributed by atoms with E-state index in [9.17, 15) is 4.79 Å². The Morgan fingerprint density at radius 3 is 2.40 bits per heavy atom. The first-order valence-electron chi connectivity index (χ1n) is 6.40. The molecule has 0 saturated heterocycles. The zero-order chi connectivity index (χ0) is 14.9. The number of nitrogens with zero attached hydrogens (tertiary/aromatic N) is 3. The van der Waals surface area contributed by atoms with E-state index in [0.29, 0.717) is 12.1 Å². The first-order valence-corrected chi connectivity index (χ1v) is 7.19. The molecule has 0 fully saturated rings. The molecule has 4 nitrogen and oxygen atoms in total. The largest absolute Gasteiger partial charge is 0.337 e. The van der Waals surface area contributed by atoms with Crippen LogP contribution in [-0.2, 0) is 13.6 Å². The SMILES string of the molecule is Cc1nn(C)c(C)c1C(=O)N(C)Cc1ccc(Br)cc1. The van der Waals surface area contributed by atoms with Crippen molar-refractivity contribution in [2.45, 2.75) is 20.4 Å². The molecule has 0 aliphatic carbocycles. The molecule has 1 heterocycles. The Balaban J connectivity index is 2.18. The second-order valence-electron chi connectivity index (χ2n) is 4.96. The summed E-state index contributed by atoms with van der Waals surface area (Å²) in [5.74, 6) is 0.0102. The molecule has 0 aliphatic heterocycles. The van der Waals surface area contributed by atoms with Gasteiger partial charge in [-0.15, -0.1) is 0 Å². The van der Waals surface area contributed by atoms with Crippen molar-refractivity contribution in [3.05, 3.63) is 51.3 Å². The van der Waals surface area contributed by atoms with Crippen LogP contribution in [0.15, 0.2) is 28.7 Å². The number of hydrogen-bond donors (Lipinski definition) is 0. The summed E-state index contributed by atoms with van der Waals surface area (Å²) >= 11 is 3.41. The molecule has 0 unspecified atom stereocenters. The zero-order valence-electron chi connectivity index (χ0n) is 12.1. The molecule has 0 radical (unpaired) electrons. The molecule has 0 N–H and O–H groups in total. The first kappa shape index (κ1) is 14.8. The number of carbonyl (C=O) groups is 1. The topological polar surface area (TPSA) is 38.1 Å². The van der Waals surface area contributed by atoms with Crippen molar-refractivity contribution in [1.29, 1.82) is 0 Å². The number of aryl methyl sites for hydroxylation is 2. The van der Waals surface area contributed by atoms with E-state index in [-0.39, 0.29) is 5.91 Å². The average molecular weight is 336 g/mol. The van der Waals surface area contributed by atoms with Crippen molar-refractivity contribution >= 4 is 21.8 Å². The van der Waals surface area contributed by atoms with E-state index >= 15 is 0 Å². The zero-order valence-corrected chi connectivity index (χ0v) is 13.7. The second-order valence-corrected chi connectivity index (χ2v) is 5.87. The van der Waals surface area contributed by atoms with Gasteiger partial charge < -0.3 is 4.90 Å². The van der Waals surface area contributed by atoms with Crippen molar-refractivity contribution in [2.24, 2.45) is 7.05 Å². The van der Waals surface area contributed by atoms with Crippen molar-refractivity contribution < 1.29 is 4.79 Å². The van der Waals surface area contributed by atoms with Gasteiger partial charge in [-0.2, -0.15) is 5.10 Å². The normalized spacial score (nSPS) is 10.7. The monoisotopic (exact) mass is 335 g/mol. The summed E-state index contributed by atoms with van der Waals surface area (Å²) in [4.78, 5) is 14.3. The van der Waals surface area contributed by atoms with Gasteiger partial charge in [-0.25, -0.2) is 0 Å². The lowest BCUT2D eigenvalue weighted by molar-refractivity contribution is 0.0783. The van der Waals surface area contributed by atoms with Crippen molar-refractivity contribution in [1.82, 2.24) is 14.7 Å². The van der Waals surface area contributed by atoms with Crippen molar-refractivity contribution in [3.8, 4) is 0 Å². The molecule has 106 valence electrons. The first-order chi connectivity index (χ1) is 9.40. The molecule has 2 rings (SSSR count). The van der Waals surface area contributed by atoms with Crippen LogP contribution in [0.2, 0.25) is 0 Å². The Bertz CT molecular complexity index is 631. The van der Waals surface area contributed by atoms with Crippen LogP contribution in [0.5, 0.6) is 0 Å². The Morgan fingerprint density at radius 2 is 1.90 bits per heavy atom. The summed E-state index contributed by atoms with van der Waals surface area (Å²) in [6, 6.07) is 7.98. The van der Waals surface area contributed by atoms with Crippen LogP contribution in [0.3, 0.4) is 0 Å². The highest BCUT2D eigenvalue weighted by atomic mass is 79.9. The van der Waals surface area contributed by atoms with Crippen LogP contribution in [-0.4, -0.2) is 27.6 Å². The predicted octanol–water partition coefficient (Wildman–Crippen LogP) is 3.07. The highest BCUT2D eigenvalue weighted by Crippen LogP contribution is 2.16. The predicted molar refractivity (Wildman–Crippen MR) is 82.6 cm³/mol. The minimum Gasteiger partial charge on any atom is -0.337 e. The van der Waals surface area contributed by atoms with E-state index < -0.39 is 0 Å². The maximum absolute atomic E-state index is 12.5. The Hall–Kier alpha value is -1.62. The number of rotatable bonds is 3. The third-order valence-corrected chi connectivity index (χ3v) is 3.93. The molecule has 2 aromatic rings. The number of carbonyl (C=O) groups excluding carboxylic acids is 1. The van der Waals surface area contributed by atoms with Crippen LogP contribution in [0.1, 0.15) is 27.3 Å². The maximum Gasteiger partial charge on any atom is 0.257 e. The van der Waals surface area contributed by atoms with E-state index in [1.807, 2.05) is 52.2 Å². The maximum atomic E-state index is 12.5. The fourth-order valence-corrected chi connectivity index (χ4v) is 2.47. The van der Waals surface area contributed by atoms with Gasteiger partial charge in [0.1, 0.15) is 0 Å². The Kier molecular flexibility index (Phi) is 4.28. The lowest BCUT2D eigenvalue weighted by Gasteiger charge is -2.17. The van der Waals surface area contributed by atoms with E-state index in [1.165, 1.54) is 0 Å². The lowest BCUT2D eigenvalue weighted by atomic mass is 10.1. The van der Waals surface area contributed by atoms with Gasteiger partial charge in [0.2, 0.25) is 0 Å². The van der Waals surface area contributed by atoms with Gasteiger partial charge in [0.25, 0.3) is 5.91 Å². The summed E-state index contributed by atoms with van der Waals surface area (Å²) in [7, 11) is 3.67. The third-order valence-electron chi connectivity index (χ3n) is 3.40. The molecular formula is C15H18BrN3O. The number of aromatic nitrogens is 2. The van der Waals surface area contributed by atoms with Gasteiger partial charge in [0.05, 0.1) is 11.3 Å². The van der Waals surface area contributed by atoms with Crippen LogP contribution in [0.4, 0.5) is 0 Å². The Morgan fingerprint density at radius 1 is 1.30 bits per heavy atom. The quantitative estimate of drug-likeness (QED) is 0.864. The minimum absolute atomic E-state index is 0.0102. The van der Waals surface area contributed by atoms with Gasteiger partial charge in [0.15, 0.2) is 0 Å². The van der Waals surface area contributed by atoms with Gasteiger partial charge >= 0.3 is 0 Å². The van der Waals surface area contributed by atoms with E-state index in [1.54, 1.807) is 9.58 Å². The van der Waals surface area contributed by atoms with Gasteiger partial charge in [0, 0.05) is 30.8 Å². The summed E-state index contributed by atoms with van der Waals surface area (Å²) in [5, 5.41) is 4.30. The van der Waals surface area contributed by atoms with Gasteiger partial charge in [-0.05, 0) is 31.5 Å². The number of hydrogen-bond acceptors (Lipinski definition) is 2. The molecule has 1 aromatic carbocycles. The molecule has 0 atom stereocenters. The average Bonchev–Trinajstić information content (AvgIpc) is 2.65. The lowest BCUT2D eigenvalue weighted by Crippen LogP contribution is -2.27. The molecule has 5 heteroatoms. The van der Waals surface area contributed by atoms with Crippen LogP contribution in [0, 0.1) is 13.8 Å². The highest BCUT2D eigenvalue weighted by Gasteiger charge is 2.20. The Labute approximate surface area is 127 Å². The smallest absolute Gasteiger partial charge is 0.257 e. The summed E-state index contributed by atoms with van der Waals surface area (Å²) in [5.41, 5.74) is 3.48. The molecule has 0 aliphatic rings. The fourth-order valence-electron chi connectivity index (χ4n) is 2.21. The van der Waals surface area contributed by atoms with Gasteiger partial charge in [-0.1, -0.05) is 28.1 Å². The summed E-state index contributed by atoms with van der Waals surface area (Å²) in [6.07, 6.45) is 0. The van der Waals surface area contributed by atoms with E-state index in [4.69, 9.17) is 0 Å². The standard InChI is InChI=1S/C15H18BrN3O/c1-10-14(11(2)19(4)17-10)15(20)18(3)9-12-5-7-13(16)8-6-12/h5-8H,9H2,1-4H3. The van der Waals surface area contributed by atoms with E-state index in [2.05, 4.69) is 21.0 Å². The summed E-state index contributed by atoms with van der Waals surface area (Å²) in [6.45, 7) is 4.37. The van der Waals surface area contributed by atoms with Crippen LogP contribution < -0.4 is 0 Å². The second kappa shape index (κ2) is 5.79. The number of benzene rings is 1. The summed E-state index contributed by atoms with van der Waals surface area (Å²) < 4.78 is 2.78. The molecule has 0 bridgehead atoms. The van der Waals surface area contributed by atoms with Crippen molar-refractivity contribution in [2.75, 3.05) is 7.05 Å². The van der Waals surface area contributed by atoms with Gasteiger partial charge in [-0.3, -0.25) is 9.48 Å². The van der Waals surface area contributed by atoms with Crippen LogP contribution in [0.25, 0.3) is 0 Å². The number of amides is 1. The molecule has 1 amide bonds. The fraction of sp³-hybridized carbons (Fsp3) is 0.333. The highest BCUT2D eigenvalue weighted by molar-refractivity contribution is 9.10. The third kappa shape index (κ3) is 2.93. The molecule has 1 aromatic heterocycles. The molecule has 0 saturated carbocycles.